The lowest BCUT2D eigenvalue weighted by Gasteiger charge is -2.22. The van der Waals surface area contributed by atoms with Gasteiger partial charge in [0.1, 0.15) is 0 Å². The number of rotatable bonds is 5. The Balaban J connectivity index is 1.84. The second-order valence-electron chi connectivity index (χ2n) is 6.02. The lowest BCUT2D eigenvalue weighted by molar-refractivity contribution is 0.142. The number of halogens is 2. The molecule has 2 rings (SSSR count). The summed E-state index contributed by atoms with van der Waals surface area (Å²) in [4.78, 5) is 2.49. The molecule has 0 amide bonds. The molecule has 1 aromatic rings. The number of nitrogens with zero attached hydrogens (tertiary/aromatic N) is 1. The fourth-order valence-electron chi connectivity index (χ4n) is 3.09. The van der Waals surface area contributed by atoms with Gasteiger partial charge in [-0.3, -0.25) is 0 Å². The van der Waals surface area contributed by atoms with Gasteiger partial charge in [-0.25, -0.2) is 0 Å². The highest BCUT2D eigenvalue weighted by atomic mass is 79.9. The van der Waals surface area contributed by atoms with Crippen LogP contribution in [0.4, 0.5) is 0 Å². The van der Waals surface area contributed by atoms with E-state index in [1.807, 2.05) is 18.2 Å². The zero-order valence-electron chi connectivity index (χ0n) is 12.7. The van der Waals surface area contributed by atoms with Crippen LogP contribution in [0.1, 0.15) is 50.7 Å². The second-order valence-corrected chi connectivity index (χ2v) is 7.34. The monoisotopic (exact) mass is 373 g/mol. The van der Waals surface area contributed by atoms with Crippen LogP contribution in [0.2, 0.25) is 5.02 Å². The molecule has 0 aliphatic carbocycles. The molecule has 1 aliphatic heterocycles. The molecule has 0 radical (unpaired) electrons. The Bertz CT molecular complexity index is 454. The Morgan fingerprint density at radius 2 is 2.19 bits per heavy atom. The van der Waals surface area contributed by atoms with Gasteiger partial charge >= 0.3 is 0 Å². The van der Waals surface area contributed by atoms with Crippen molar-refractivity contribution < 1.29 is 5.11 Å². The van der Waals surface area contributed by atoms with Gasteiger partial charge in [0.25, 0.3) is 0 Å². The van der Waals surface area contributed by atoms with Crippen molar-refractivity contribution >= 4 is 27.5 Å². The highest BCUT2D eigenvalue weighted by molar-refractivity contribution is 9.10. The Hall–Kier alpha value is -0.0900. The predicted molar refractivity (Wildman–Crippen MR) is 92.8 cm³/mol. The Morgan fingerprint density at radius 3 is 2.90 bits per heavy atom. The first kappa shape index (κ1) is 17.3. The summed E-state index contributed by atoms with van der Waals surface area (Å²) in [5, 5.41) is 11.0. The van der Waals surface area contributed by atoms with Crippen molar-refractivity contribution in [1.82, 2.24) is 4.90 Å². The fraction of sp³-hybridized carbons (Fsp3) is 0.647. The SMILES string of the molecule is CCC1CCCN(CCC(O)c2ccc(Br)cc2Cl)CC1. The predicted octanol–water partition coefficient (Wildman–Crippen LogP) is 5.04. The Labute approximate surface area is 141 Å². The molecule has 2 unspecified atom stereocenters. The molecule has 1 heterocycles. The summed E-state index contributed by atoms with van der Waals surface area (Å²) in [7, 11) is 0. The number of hydrogen-bond donors (Lipinski definition) is 1. The molecule has 4 heteroatoms. The minimum absolute atomic E-state index is 0.476. The lowest BCUT2D eigenvalue weighted by Crippen LogP contribution is -2.27. The summed E-state index contributed by atoms with van der Waals surface area (Å²) in [6, 6.07) is 5.69. The van der Waals surface area contributed by atoms with E-state index in [2.05, 4.69) is 27.8 Å². The van der Waals surface area contributed by atoms with Gasteiger partial charge in [-0.2, -0.15) is 0 Å². The quantitative estimate of drug-likeness (QED) is 0.780. The molecule has 118 valence electrons. The molecular formula is C17H25BrClNO. The largest absolute Gasteiger partial charge is 0.388 e. The smallest absolute Gasteiger partial charge is 0.0816 e. The zero-order chi connectivity index (χ0) is 15.2. The van der Waals surface area contributed by atoms with E-state index in [0.717, 1.165) is 35.5 Å². The molecule has 1 saturated heterocycles. The van der Waals surface area contributed by atoms with Gasteiger partial charge in [0.15, 0.2) is 0 Å². The Morgan fingerprint density at radius 1 is 1.38 bits per heavy atom. The van der Waals surface area contributed by atoms with Crippen molar-refractivity contribution in [2.75, 3.05) is 19.6 Å². The van der Waals surface area contributed by atoms with E-state index in [4.69, 9.17) is 11.6 Å². The third kappa shape index (κ3) is 5.24. The standard InChI is InChI=1S/C17H25BrClNO/c1-2-13-4-3-9-20(10-7-13)11-8-17(21)15-6-5-14(18)12-16(15)19/h5-6,12-13,17,21H,2-4,7-11H2,1H3. The molecule has 1 fully saturated rings. The second kappa shape index (κ2) is 8.52. The zero-order valence-corrected chi connectivity index (χ0v) is 15.0. The molecule has 0 bridgehead atoms. The van der Waals surface area contributed by atoms with Gasteiger partial charge in [-0.05, 0) is 62.4 Å². The van der Waals surface area contributed by atoms with Crippen molar-refractivity contribution in [3.05, 3.63) is 33.3 Å². The number of benzene rings is 1. The van der Waals surface area contributed by atoms with E-state index in [1.54, 1.807) is 0 Å². The molecule has 0 aromatic heterocycles. The molecule has 1 aromatic carbocycles. The van der Waals surface area contributed by atoms with E-state index in [9.17, 15) is 5.11 Å². The fourth-order valence-corrected chi connectivity index (χ4v) is 3.89. The molecule has 1 aliphatic rings. The maximum absolute atomic E-state index is 10.4. The highest BCUT2D eigenvalue weighted by Crippen LogP contribution is 2.28. The van der Waals surface area contributed by atoms with Crippen LogP contribution in [0.3, 0.4) is 0 Å². The summed E-state index contributed by atoms with van der Waals surface area (Å²) in [5.41, 5.74) is 0.834. The number of hydrogen-bond acceptors (Lipinski definition) is 2. The average molecular weight is 375 g/mol. The van der Waals surface area contributed by atoms with Crippen molar-refractivity contribution in [1.29, 1.82) is 0 Å². The van der Waals surface area contributed by atoms with E-state index in [-0.39, 0.29) is 0 Å². The first-order chi connectivity index (χ1) is 10.1. The number of likely N-dealkylation sites (tertiary alicyclic amines) is 1. The normalized spacial score (nSPS) is 22.0. The topological polar surface area (TPSA) is 23.5 Å². The minimum atomic E-state index is -0.476. The number of aliphatic hydroxyl groups excluding tert-OH is 1. The van der Waals surface area contributed by atoms with Crippen LogP contribution >= 0.6 is 27.5 Å². The summed E-state index contributed by atoms with van der Waals surface area (Å²) in [5.74, 6) is 0.890. The molecular weight excluding hydrogens is 350 g/mol. The molecule has 2 nitrogen and oxygen atoms in total. The third-order valence-corrected chi connectivity index (χ3v) is 5.38. The van der Waals surface area contributed by atoms with Crippen LogP contribution in [-0.4, -0.2) is 29.6 Å². The lowest BCUT2D eigenvalue weighted by atomic mass is 9.98. The van der Waals surface area contributed by atoms with Gasteiger partial charge in [0, 0.05) is 16.0 Å². The summed E-state index contributed by atoms with van der Waals surface area (Å²) >= 11 is 9.60. The molecule has 0 spiro atoms. The van der Waals surface area contributed by atoms with Crippen LogP contribution < -0.4 is 0 Å². The highest BCUT2D eigenvalue weighted by Gasteiger charge is 2.18. The van der Waals surface area contributed by atoms with Crippen molar-refractivity contribution in [2.24, 2.45) is 5.92 Å². The van der Waals surface area contributed by atoms with E-state index >= 15 is 0 Å². The molecule has 2 atom stereocenters. The van der Waals surface area contributed by atoms with Gasteiger partial charge in [-0.15, -0.1) is 0 Å². The summed E-state index contributed by atoms with van der Waals surface area (Å²) in [6.07, 6.45) is 5.51. The summed E-state index contributed by atoms with van der Waals surface area (Å²) in [6.45, 7) is 5.57. The van der Waals surface area contributed by atoms with Crippen LogP contribution in [0.15, 0.2) is 22.7 Å². The maximum atomic E-state index is 10.4. The average Bonchev–Trinajstić information content (AvgIpc) is 2.69. The van der Waals surface area contributed by atoms with Crippen molar-refractivity contribution in [3.63, 3.8) is 0 Å². The number of aliphatic hydroxyl groups is 1. The first-order valence-corrected chi connectivity index (χ1v) is 9.12. The van der Waals surface area contributed by atoms with Gasteiger partial charge in [0.2, 0.25) is 0 Å². The van der Waals surface area contributed by atoms with Crippen LogP contribution in [0.25, 0.3) is 0 Å². The van der Waals surface area contributed by atoms with Crippen molar-refractivity contribution in [2.45, 2.75) is 45.1 Å². The van der Waals surface area contributed by atoms with Gasteiger partial charge in [-0.1, -0.05) is 46.9 Å². The van der Waals surface area contributed by atoms with Gasteiger partial charge < -0.3 is 10.0 Å². The van der Waals surface area contributed by atoms with E-state index < -0.39 is 6.10 Å². The first-order valence-electron chi connectivity index (χ1n) is 7.95. The summed E-state index contributed by atoms with van der Waals surface area (Å²) < 4.78 is 0.946. The molecule has 0 saturated carbocycles. The molecule has 21 heavy (non-hydrogen) atoms. The van der Waals surface area contributed by atoms with E-state index in [0.29, 0.717) is 5.02 Å². The molecule has 1 N–H and O–H groups in total. The Kier molecular flexibility index (Phi) is 7.00. The van der Waals surface area contributed by atoms with Crippen LogP contribution in [0.5, 0.6) is 0 Å². The third-order valence-electron chi connectivity index (χ3n) is 4.56. The minimum Gasteiger partial charge on any atom is -0.388 e. The van der Waals surface area contributed by atoms with Crippen molar-refractivity contribution in [3.8, 4) is 0 Å². The van der Waals surface area contributed by atoms with Crippen LogP contribution in [0, 0.1) is 5.92 Å². The van der Waals surface area contributed by atoms with E-state index in [1.165, 1.54) is 32.2 Å². The maximum Gasteiger partial charge on any atom is 0.0816 e. The van der Waals surface area contributed by atoms with Crippen LogP contribution in [-0.2, 0) is 0 Å². The van der Waals surface area contributed by atoms with Gasteiger partial charge in [0.05, 0.1) is 6.10 Å².